The lowest BCUT2D eigenvalue weighted by atomic mass is 10.2. The SMILES string of the molecule is COc1cc(C)ccc1OCCNCC(O)COc1ccc(C)c2nc(C)[nH]c12.Cl. The van der Waals surface area contributed by atoms with E-state index in [1.807, 2.05) is 51.1 Å². The Kier molecular flexibility index (Phi) is 8.77. The number of nitrogens with one attached hydrogen (secondary N) is 2. The molecule has 164 valence electrons. The molecule has 1 heterocycles. The van der Waals surface area contributed by atoms with Crippen LogP contribution in [0.5, 0.6) is 17.2 Å². The van der Waals surface area contributed by atoms with Gasteiger partial charge in [-0.1, -0.05) is 12.1 Å². The van der Waals surface area contributed by atoms with Gasteiger partial charge in [0.05, 0.1) is 12.6 Å². The zero-order valence-electron chi connectivity index (χ0n) is 17.8. The second-order valence-corrected chi connectivity index (χ2v) is 7.10. The number of methoxy groups -OCH3 is 1. The van der Waals surface area contributed by atoms with Crippen LogP contribution >= 0.6 is 12.4 Å². The first-order chi connectivity index (χ1) is 14.0. The number of hydrogen-bond acceptors (Lipinski definition) is 6. The summed E-state index contributed by atoms with van der Waals surface area (Å²) < 4.78 is 16.9. The average Bonchev–Trinajstić information content (AvgIpc) is 3.10. The van der Waals surface area contributed by atoms with E-state index in [4.69, 9.17) is 14.2 Å². The maximum Gasteiger partial charge on any atom is 0.161 e. The monoisotopic (exact) mass is 435 g/mol. The Morgan fingerprint density at radius 2 is 1.83 bits per heavy atom. The minimum atomic E-state index is -0.635. The van der Waals surface area contributed by atoms with Crippen LogP contribution in [0.25, 0.3) is 11.0 Å². The standard InChI is InChI=1S/C22H29N3O4.ClH/c1-14-5-7-18(20(11-14)27-4)28-10-9-23-12-17(26)13-29-19-8-6-15(2)21-22(19)25-16(3)24-21;/h5-8,11,17,23,26H,9-10,12-13H2,1-4H3,(H,24,25);1H. The zero-order valence-corrected chi connectivity index (χ0v) is 18.6. The van der Waals surface area contributed by atoms with Crippen molar-refractivity contribution in [2.45, 2.75) is 26.9 Å². The summed E-state index contributed by atoms with van der Waals surface area (Å²) in [5.41, 5.74) is 3.97. The molecule has 1 atom stereocenters. The van der Waals surface area contributed by atoms with Crippen molar-refractivity contribution in [2.75, 3.05) is 33.4 Å². The number of aromatic nitrogens is 2. The van der Waals surface area contributed by atoms with Crippen LogP contribution in [-0.4, -0.2) is 54.6 Å². The number of aliphatic hydroxyl groups is 1. The Bertz CT molecular complexity index is 961. The molecule has 0 saturated heterocycles. The molecule has 1 unspecified atom stereocenters. The fourth-order valence-electron chi connectivity index (χ4n) is 3.08. The molecule has 0 spiro atoms. The number of benzene rings is 2. The van der Waals surface area contributed by atoms with Crippen molar-refractivity contribution in [3.63, 3.8) is 0 Å². The van der Waals surface area contributed by atoms with Gasteiger partial charge >= 0.3 is 0 Å². The molecule has 2 aromatic carbocycles. The number of aryl methyl sites for hydroxylation is 3. The van der Waals surface area contributed by atoms with Crippen molar-refractivity contribution in [3.05, 3.63) is 47.3 Å². The molecule has 8 heteroatoms. The highest BCUT2D eigenvalue weighted by atomic mass is 35.5. The van der Waals surface area contributed by atoms with Gasteiger partial charge in [0.15, 0.2) is 11.5 Å². The Morgan fingerprint density at radius 3 is 2.60 bits per heavy atom. The molecular formula is C22H30ClN3O4. The largest absolute Gasteiger partial charge is 0.493 e. The van der Waals surface area contributed by atoms with Gasteiger partial charge in [0, 0.05) is 13.1 Å². The Balaban J connectivity index is 0.00000320. The van der Waals surface area contributed by atoms with E-state index in [0.717, 1.165) is 33.7 Å². The van der Waals surface area contributed by atoms with Crippen LogP contribution in [0.3, 0.4) is 0 Å². The number of fused-ring (bicyclic) bond motifs is 1. The second-order valence-electron chi connectivity index (χ2n) is 7.10. The minimum Gasteiger partial charge on any atom is -0.493 e. The van der Waals surface area contributed by atoms with Crippen molar-refractivity contribution in [1.29, 1.82) is 0 Å². The number of rotatable bonds is 10. The van der Waals surface area contributed by atoms with Crippen LogP contribution in [0.15, 0.2) is 30.3 Å². The summed E-state index contributed by atoms with van der Waals surface area (Å²) >= 11 is 0. The molecule has 30 heavy (non-hydrogen) atoms. The molecule has 0 aliphatic heterocycles. The van der Waals surface area contributed by atoms with Crippen molar-refractivity contribution >= 4 is 23.4 Å². The summed E-state index contributed by atoms with van der Waals surface area (Å²) in [6.45, 7) is 7.60. The number of nitrogens with zero attached hydrogens (tertiary/aromatic N) is 1. The third-order valence-corrected chi connectivity index (χ3v) is 4.59. The predicted molar refractivity (Wildman–Crippen MR) is 120 cm³/mol. The molecule has 1 aromatic heterocycles. The number of halogens is 1. The minimum absolute atomic E-state index is 0. The fourth-order valence-corrected chi connectivity index (χ4v) is 3.08. The molecule has 3 rings (SSSR count). The number of imidazole rings is 1. The first-order valence-electron chi connectivity index (χ1n) is 9.73. The molecule has 3 N–H and O–H groups in total. The highest BCUT2D eigenvalue weighted by Crippen LogP contribution is 2.28. The van der Waals surface area contributed by atoms with Crippen LogP contribution < -0.4 is 19.5 Å². The lowest BCUT2D eigenvalue weighted by Gasteiger charge is -2.15. The van der Waals surface area contributed by atoms with Gasteiger partial charge in [-0.2, -0.15) is 0 Å². The van der Waals surface area contributed by atoms with Crippen molar-refractivity contribution < 1.29 is 19.3 Å². The molecule has 3 aromatic rings. The number of hydrogen-bond donors (Lipinski definition) is 3. The Morgan fingerprint density at radius 1 is 1.07 bits per heavy atom. The van der Waals surface area contributed by atoms with E-state index in [9.17, 15) is 5.11 Å². The molecule has 0 fully saturated rings. The van der Waals surface area contributed by atoms with Crippen LogP contribution in [0.2, 0.25) is 0 Å². The van der Waals surface area contributed by atoms with Crippen molar-refractivity contribution in [2.24, 2.45) is 0 Å². The van der Waals surface area contributed by atoms with Gasteiger partial charge in [0.25, 0.3) is 0 Å². The van der Waals surface area contributed by atoms with Gasteiger partial charge in [-0.25, -0.2) is 4.98 Å². The Hall–Kier alpha value is -2.48. The molecule has 0 aliphatic rings. The van der Waals surface area contributed by atoms with Gasteiger partial charge in [0.2, 0.25) is 0 Å². The first-order valence-corrected chi connectivity index (χ1v) is 9.73. The quantitative estimate of drug-likeness (QED) is 0.423. The smallest absolute Gasteiger partial charge is 0.161 e. The Labute approximate surface area is 183 Å². The number of H-pyrrole nitrogens is 1. The van der Waals surface area contributed by atoms with E-state index >= 15 is 0 Å². The highest BCUT2D eigenvalue weighted by Gasteiger charge is 2.11. The number of aliphatic hydroxyl groups excluding tert-OH is 1. The molecule has 0 aliphatic carbocycles. The van der Waals surface area contributed by atoms with Gasteiger partial charge in [-0.15, -0.1) is 12.4 Å². The van der Waals surface area contributed by atoms with Crippen LogP contribution in [0.4, 0.5) is 0 Å². The van der Waals surface area contributed by atoms with E-state index in [0.29, 0.717) is 31.2 Å². The molecule has 0 bridgehead atoms. The fraction of sp³-hybridized carbons (Fsp3) is 0.409. The highest BCUT2D eigenvalue weighted by molar-refractivity contribution is 5.85. The van der Waals surface area contributed by atoms with Crippen LogP contribution in [-0.2, 0) is 0 Å². The summed E-state index contributed by atoms with van der Waals surface area (Å²) in [5.74, 6) is 2.96. The number of ether oxygens (including phenoxy) is 3. The molecule has 0 saturated carbocycles. The van der Waals surface area contributed by atoms with Crippen LogP contribution in [0, 0.1) is 20.8 Å². The summed E-state index contributed by atoms with van der Waals surface area (Å²) in [7, 11) is 1.63. The number of aromatic amines is 1. The van der Waals surface area contributed by atoms with E-state index in [1.54, 1.807) is 7.11 Å². The van der Waals surface area contributed by atoms with Gasteiger partial charge in [-0.3, -0.25) is 0 Å². The summed E-state index contributed by atoms with van der Waals surface area (Å²) in [6.07, 6.45) is -0.635. The van der Waals surface area contributed by atoms with E-state index in [1.165, 1.54) is 0 Å². The molecular weight excluding hydrogens is 406 g/mol. The van der Waals surface area contributed by atoms with E-state index < -0.39 is 6.10 Å². The maximum atomic E-state index is 10.2. The molecule has 7 nitrogen and oxygen atoms in total. The normalized spacial score (nSPS) is 11.8. The first kappa shape index (κ1) is 23.8. The van der Waals surface area contributed by atoms with E-state index in [2.05, 4.69) is 15.3 Å². The summed E-state index contributed by atoms with van der Waals surface area (Å²) in [5, 5.41) is 13.4. The second kappa shape index (κ2) is 11.1. The van der Waals surface area contributed by atoms with Crippen molar-refractivity contribution in [1.82, 2.24) is 15.3 Å². The van der Waals surface area contributed by atoms with Crippen LogP contribution in [0.1, 0.15) is 17.0 Å². The molecule has 0 amide bonds. The summed E-state index contributed by atoms with van der Waals surface area (Å²) in [6, 6.07) is 9.69. The van der Waals surface area contributed by atoms with E-state index in [-0.39, 0.29) is 19.0 Å². The summed E-state index contributed by atoms with van der Waals surface area (Å²) in [4.78, 5) is 7.70. The zero-order chi connectivity index (χ0) is 20.8. The lowest BCUT2D eigenvalue weighted by molar-refractivity contribution is 0.106. The average molecular weight is 436 g/mol. The lowest BCUT2D eigenvalue weighted by Crippen LogP contribution is -2.33. The van der Waals surface area contributed by atoms with Gasteiger partial charge < -0.3 is 29.6 Å². The maximum absolute atomic E-state index is 10.2. The van der Waals surface area contributed by atoms with Gasteiger partial charge in [0.1, 0.15) is 36.4 Å². The third-order valence-electron chi connectivity index (χ3n) is 4.59. The topological polar surface area (TPSA) is 88.6 Å². The molecule has 0 radical (unpaired) electrons. The van der Waals surface area contributed by atoms with Gasteiger partial charge in [-0.05, 0) is 50.1 Å². The third kappa shape index (κ3) is 6.01. The van der Waals surface area contributed by atoms with Crippen molar-refractivity contribution in [3.8, 4) is 17.2 Å². The predicted octanol–water partition coefficient (Wildman–Crippen LogP) is 3.33.